The molecule has 0 saturated carbocycles. The number of Topliss-reactive ketones (excluding diaryl/α,β-unsaturated/α-hetero) is 1. The summed E-state index contributed by atoms with van der Waals surface area (Å²) in [5.41, 5.74) is 7.51. The van der Waals surface area contributed by atoms with Crippen molar-refractivity contribution < 1.29 is 9.59 Å². The van der Waals surface area contributed by atoms with E-state index in [0.29, 0.717) is 6.42 Å². The fourth-order valence-corrected chi connectivity index (χ4v) is 1.30. The number of amides is 1. The number of carbonyl (C=O) groups excluding carboxylic acids is 2. The van der Waals surface area contributed by atoms with Gasteiger partial charge in [0.2, 0.25) is 5.91 Å². The Hall–Kier alpha value is -1.81. The molecule has 0 aliphatic rings. The van der Waals surface area contributed by atoms with Crippen LogP contribution in [0, 0.1) is 0 Å². The highest BCUT2D eigenvalue weighted by Crippen LogP contribution is 2.05. The molecule has 1 atom stereocenters. The number of hydrogen-bond acceptors (Lipinski definition) is 3. The van der Waals surface area contributed by atoms with Crippen molar-refractivity contribution in [2.45, 2.75) is 26.3 Å². The van der Waals surface area contributed by atoms with Crippen LogP contribution in [0.25, 0.3) is 0 Å². The van der Waals surface area contributed by atoms with Crippen molar-refractivity contribution in [1.82, 2.24) is 0 Å². The van der Waals surface area contributed by atoms with E-state index in [1.165, 1.54) is 20.1 Å². The zero-order valence-electron chi connectivity index (χ0n) is 10.0. The van der Waals surface area contributed by atoms with Gasteiger partial charge in [0, 0.05) is 13.1 Å². The van der Waals surface area contributed by atoms with Crippen LogP contribution in [-0.4, -0.2) is 23.9 Å². The van der Waals surface area contributed by atoms with Crippen LogP contribution >= 0.6 is 0 Å². The maximum Gasteiger partial charge on any atom is 0.242 e. The van der Waals surface area contributed by atoms with Crippen LogP contribution in [0.15, 0.2) is 29.3 Å². The zero-order valence-corrected chi connectivity index (χ0v) is 10.0. The van der Waals surface area contributed by atoms with Gasteiger partial charge in [-0.1, -0.05) is 24.3 Å². The predicted molar refractivity (Wildman–Crippen MR) is 67.1 cm³/mol. The van der Waals surface area contributed by atoms with E-state index in [1.54, 1.807) is 0 Å². The minimum atomic E-state index is -0.452. The molecule has 0 bridgehead atoms. The van der Waals surface area contributed by atoms with Crippen molar-refractivity contribution in [3.8, 4) is 0 Å². The van der Waals surface area contributed by atoms with Crippen molar-refractivity contribution in [3.05, 3.63) is 35.4 Å². The van der Waals surface area contributed by atoms with Gasteiger partial charge in [-0.05, 0) is 24.5 Å². The Balaban J connectivity index is 2.68. The number of aliphatic imine (C=N–C) groups is 1. The Bertz CT molecular complexity index is 435. The first-order chi connectivity index (χ1) is 7.99. The fraction of sp³-hybridized carbons (Fsp3) is 0.308. The summed E-state index contributed by atoms with van der Waals surface area (Å²) >= 11 is 0. The minimum absolute atomic E-state index is 0.0211. The molecule has 0 saturated heterocycles. The number of carbonyl (C=O) groups is 2. The van der Waals surface area contributed by atoms with Gasteiger partial charge in [0.1, 0.15) is 5.78 Å². The molecule has 1 rings (SSSR count). The lowest BCUT2D eigenvalue weighted by Gasteiger charge is -2.07. The van der Waals surface area contributed by atoms with E-state index in [0.717, 1.165) is 11.1 Å². The van der Waals surface area contributed by atoms with E-state index < -0.39 is 6.04 Å². The number of benzene rings is 1. The van der Waals surface area contributed by atoms with Crippen LogP contribution in [-0.2, 0) is 16.0 Å². The summed E-state index contributed by atoms with van der Waals surface area (Å²) in [6.45, 7) is 2.88. The van der Waals surface area contributed by atoms with E-state index in [-0.39, 0.29) is 11.7 Å². The smallest absolute Gasteiger partial charge is 0.242 e. The average molecular weight is 232 g/mol. The van der Waals surface area contributed by atoms with E-state index in [9.17, 15) is 9.59 Å². The third-order valence-corrected chi connectivity index (χ3v) is 2.35. The third-order valence-electron chi connectivity index (χ3n) is 2.35. The van der Waals surface area contributed by atoms with Gasteiger partial charge in [-0.25, -0.2) is 4.99 Å². The van der Waals surface area contributed by atoms with Gasteiger partial charge in [0.05, 0.1) is 6.04 Å². The first kappa shape index (κ1) is 13.3. The Morgan fingerprint density at radius 2 is 1.88 bits per heavy atom. The van der Waals surface area contributed by atoms with Gasteiger partial charge in [0.25, 0.3) is 0 Å². The molecular formula is C13H16N2O2. The lowest BCUT2D eigenvalue weighted by Crippen LogP contribution is -2.30. The van der Waals surface area contributed by atoms with Gasteiger partial charge < -0.3 is 5.73 Å². The molecule has 0 aliphatic heterocycles. The van der Waals surface area contributed by atoms with Crippen molar-refractivity contribution in [1.29, 1.82) is 0 Å². The maximum atomic E-state index is 11.0. The molecule has 0 heterocycles. The number of rotatable bonds is 4. The summed E-state index contributed by atoms with van der Waals surface area (Å²) in [5, 5.41) is 0. The quantitative estimate of drug-likeness (QED) is 0.790. The Kier molecular flexibility index (Phi) is 4.72. The Morgan fingerprint density at radius 1 is 1.29 bits per heavy atom. The molecule has 1 aromatic carbocycles. The minimum Gasteiger partial charge on any atom is -0.321 e. The zero-order chi connectivity index (χ0) is 12.8. The van der Waals surface area contributed by atoms with Crippen LogP contribution in [0.2, 0.25) is 0 Å². The van der Waals surface area contributed by atoms with Crippen molar-refractivity contribution in [2.24, 2.45) is 10.7 Å². The lowest BCUT2D eigenvalue weighted by molar-refractivity contribution is -0.118. The Labute approximate surface area is 101 Å². The van der Waals surface area contributed by atoms with Crippen LogP contribution in [0.5, 0.6) is 0 Å². The largest absolute Gasteiger partial charge is 0.321 e. The van der Waals surface area contributed by atoms with Crippen molar-refractivity contribution in [3.63, 3.8) is 0 Å². The molecule has 1 unspecified atom stereocenters. The van der Waals surface area contributed by atoms with Crippen LogP contribution in [0.4, 0.5) is 0 Å². The molecule has 17 heavy (non-hydrogen) atoms. The topological polar surface area (TPSA) is 72.5 Å². The summed E-state index contributed by atoms with van der Waals surface area (Å²) in [6.07, 6.45) is 2.04. The lowest BCUT2D eigenvalue weighted by atomic mass is 10.0. The highest BCUT2D eigenvalue weighted by molar-refractivity contribution is 5.90. The second-order valence-electron chi connectivity index (χ2n) is 3.94. The second-order valence-corrected chi connectivity index (χ2v) is 3.94. The fourth-order valence-electron chi connectivity index (χ4n) is 1.30. The number of hydrogen-bond donors (Lipinski definition) is 1. The highest BCUT2D eigenvalue weighted by Gasteiger charge is 2.08. The number of nitrogens with two attached hydrogens (primary N) is 1. The second kappa shape index (κ2) is 6.06. The summed E-state index contributed by atoms with van der Waals surface area (Å²) < 4.78 is 0. The van der Waals surface area contributed by atoms with Gasteiger partial charge >= 0.3 is 0 Å². The summed E-state index contributed by atoms with van der Waals surface area (Å²) in [5.74, 6) is -0.250. The molecule has 4 nitrogen and oxygen atoms in total. The summed E-state index contributed by atoms with van der Waals surface area (Å²) in [4.78, 5) is 25.3. The molecule has 1 aromatic rings. The van der Waals surface area contributed by atoms with E-state index in [1.807, 2.05) is 24.3 Å². The molecule has 0 radical (unpaired) electrons. The number of ketones is 1. The normalized spacial score (nSPS) is 12.6. The molecule has 0 aromatic heterocycles. The first-order valence-electron chi connectivity index (χ1n) is 5.38. The molecule has 0 spiro atoms. The molecule has 0 aliphatic carbocycles. The first-order valence-corrected chi connectivity index (χ1v) is 5.38. The highest BCUT2D eigenvalue weighted by atomic mass is 16.1. The van der Waals surface area contributed by atoms with E-state index in [4.69, 9.17) is 5.73 Å². The molecule has 1 amide bonds. The van der Waals surface area contributed by atoms with E-state index in [2.05, 4.69) is 4.99 Å². The SMILES string of the molecule is CC(=O)N=Cc1ccc(CC(N)C(C)=O)cc1. The molecular weight excluding hydrogens is 216 g/mol. The summed E-state index contributed by atoms with van der Waals surface area (Å²) in [7, 11) is 0. The summed E-state index contributed by atoms with van der Waals surface area (Å²) in [6, 6.07) is 6.99. The maximum absolute atomic E-state index is 11.0. The Morgan fingerprint density at radius 3 is 2.35 bits per heavy atom. The molecule has 0 fully saturated rings. The standard InChI is InChI=1S/C13H16N2O2/c1-9(16)13(14)7-11-3-5-12(6-4-11)8-15-10(2)17/h3-6,8,13H,7,14H2,1-2H3. The van der Waals surface area contributed by atoms with Crippen molar-refractivity contribution >= 4 is 17.9 Å². The van der Waals surface area contributed by atoms with Crippen LogP contribution < -0.4 is 5.73 Å². The van der Waals surface area contributed by atoms with Gasteiger partial charge in [-0.15, -0.1) is 0 Å². The van der Waals surface area contributed by atoms with Crippen LogP contribution in [0.3, 0.4) is 0 Å². The van der Waals surface area contributed by atoms with Gasteiger partial charge in [-0.3, -0.25) is 9.59 Å². The number of nitrogens with zero attached hydrogens (tertiary/aromatic N) is 1. The predicted octanol–water partition coefficient (Wildman–Crippen LogP) is 1.11. The monoisotopic (exact) mass is 232 g/mol. The third kappa shape index (κ3) is 4.70. The van der Waals surface area contributed by atoms with Crippen LogP contribution in [0.1, 0.15) is 25.0 Å². The van der Waals surface area contributed by atoms with Crippen molar-refractivity contribution in [2.75, 3.05) is 0 Å². The molecule has 4 heteroatoms. The average Bonchev–Trinajstić information content (AvgIpc) is 2.28. The van der Waals surface area contributed by atoms with E-state index >= 15 is 0 Å². The molecule has 90 valence electrons. The van der Waals surface area contributed by atoms with Gasteiger partial charge in [0.15, 0.2) is 0 Å². The van der Waals surface area contributed by atoms with Gasteiger partial charge in [-0.2, -0.15) is 0 Å². The molecule has 2 N–H and O–H groups in total.